The smallest absolute Gasteiger partial charge is 0.131 e. The molecular weight excluding hydrogens is 301 g/mol. The van der Waals surface area contributed by atoms with Crippen molar-refractivity contribution in [1.82, 2.24) is 10.2 Å². The average Bonchev–Trinajstić information content (AvgIpc) is 3.04. The predicted molar refractivity (Wildman–Crippen MR) is 101 cm³/mol. The largest absolute Gasteiger partial charge is 0.277 e. The summed E-state index contributed by atoms with van der Waals surface area (Å²) in [5.74, 6) is -0.190. The Hall–Kier alpha value is -2.49. The van der Waals surface area contributed by atoms with Crippen molar-refractivity contribution < 1.29 is 4.39 Å². The van der Waals surface area contributed by atoms with Gasteiger partial charge in [-0.2, -0.15) is 5.10 Å². The summed E-state index contributed by atoms with van der Waals surface area (Å²) in [6, 6.07) is 0. The van der Waals surface area contributed by atoms with Crippen LogP contribution in [0.4, 0.5) is 4.39 Å². The van der Waals surface area contributed by atoms with Gasteiger partial charge in [-0.15, -0.1) is 0 Å². The first-order valence-electron chi connectivity index (χ1n) is 8.05. The molecule has 0 amide bonds. The van der Waals surface area contributed by atoms with Crippen LogP contribution in [0.5, 0.6) is 0 Å². The highest BCUT2D eigenvalue weighted by atomic mass is 19.1. The second-order valence-electron chi connectivity index (χ2n) is 5.86. The molecule has 0 atom stereocenters. The quantitative estimate of drug-likeness (QED) is 0.571. The topological polar surface area (TPSA) is 41.0 Å². The van der Waals surface area contributed by atoms with Crippen molar-refractivity contribution in [2.75, 3.05) is 0 Å². The van der Waals surface area contributed by atoms with Gasteiger partial charge in [-0.3, -0.25) is 10.1 Å². The number of nitrogens with zero attached hydrogens (tertiary/aromatic N) is 2. The molecule has 0 aliphatic heterocycles. The summed E-state index contributed by atoms with van der Waals surface area (Å²) in [6.07, 6.45) is 9.63. The Bertz CT molecular complexity index is 880. The number of allylic oxidation sites excluding steroid dienone is 6. The van der Waals surface area contributed by atoms with E-state index in [9.17, 15) is 4.39 Å². The molecule has 1 aromatic carbocycles. The van der Waals surface area contributed by atoms with E-state index in [4.69, 9.17) is 0 Å². The Labute approximate surface area is 142 Å². The van der Waals surface area contributed by atoms with E-state index in [-0.39, 0.29) is 5.82 Å². The molecule has 0 bridgehead atoms. The lowest BCUT2D eigenvalue weighted by atomic mass is 9.93. The highest BCUT2D eigenvalue weighted by Crippen LogP contribution is 2.32. The minimum Gasteiger partial charge on any atom is -0.277 e. The molecule has 4 heteroatoms. The first-order chi connectivity index (χ1) is 11.4. The van der Waals surface area contributed by atoms with Crippen LogP contribution in [0, 0.1) is 19.7 Å². The Balaban J connectivity index is 2.56. The number of benzene rings is 1. The van der Waals surface area contributed by atoms with Gasteiger partial charge in [0.25, 0.3) is 0 Å². The van der Waals surface area contributed by atoms with E-state index in [2.05, 4.69) is 15.2 Å². The van der Waals surface area contributed by atoms with Crippen molar-refractivity contribution in [2.24, 2.45) is 4.99 Å². The van der Waals surface area contributed by atoms with Crippen LogP contribution in [0.15, 0.2) is 41.2 Å². The van der Waals surface area contributed by atoms with E-state index in [1.807, 2.05) is 58.9 Å². The van der Waals surface area contributed by atoms with Crippen molar-refractivity contribution in [3.63, 3.8) is 0 Å². The van der Waals surface area contributed by atoms with E-state index in [1.165, 1.54) is 0 Å². The molecule has 0 radical (unpaired) electrons. The monoisotopic (exact) mass is 325 g/mol. The van der Waals surface area contributed by atoms with E-state index in [0.29, 0.717) is 11.1 Å². The third-order valence-electron chi connectivity index (χ3n) is 4.19. The zero-order valence-electron chi connectivity index (χ0n) is 15.2. The van der Waals surface area contributed by atoms with Gasteiger partial charge >= 0.3 is 0 Å². The number of rotatable bonds is 4. The minimum absolute atomic E-state index is 0.190. The summed E-state index contributed by atoms with van der Waals surface area (Å²) in [7, 11) is 0. The maximum absolute atomic E-state index is 14.6. The lowest BCUT2D eigenvalue weighted by molar-refractivity contribution is 0.611. The molecule has 2 rings (SSSR count). The second kappa shape index (κ2) is 7.39. The Morgan fingerprint density at radius 1 is 1.12 bits per heavy atom. The molecule has 2 aromatic rings. The molecule has 1 heterocycles. The molecule has 3 nitrogen and oxygen atoms in total. The van der Waals surface area contributed by atoms with Gasteiger partial charge in [0.1, 0.15) is 5.82 Å². The molecule has 1 aromatic heterocycles. The van der Waals surface area contributed by atoms with E-state index in [0.717, 1.165) is 33.4 Å². The molecule has 0 aliphatic rings. The average molecular weight is 325 g/mol. The van der Waals surface area contributed by atoms with E-state index < -0.39 is 0 Å². The minimum atomic E-state index is -0.190. The normalized spacial score (nSPS) is 14.2. The fourth-order valence-electron chi connectivity index (χ4n) is 2.75. The number of hydrogen-bond acceptors (Lipinski definition) is 2. The van der Waals surface area contributed by atoms with Crippen LogP contribution in [0.3, 0.4) is 0 Å². The molecule has 0 saturated heterocycles. The summed E-state index contributed by atoms with van der Waals surface area (Å²) in [4.78, 5) is 4.47. The van der Waals surface area contributed by atoms with Gasteiger partial charge in [0.05, 0.1) is 11.7 Å². The van der Waals surface area contributed by atoms with Crippen molar-refractivity contribution in [1.29, 1.82) is 0 Å². The maximum atomic E-state index is 14.6. The van der Waals surface area contributed by atoms with E-state index in [1.54, 1.807) is 13.1 Å². The number of halogens is 1. The summed E-state index contributed by atoms with van der Waals surface area (Å²) >= 11 is 0. The summed E-state index contributed by atoms with van der Waals surface area (Å²) < 4.78 is 14.6. The lowest BCUT2D eigenvalue weighted by Gasteiger charge is -2.12. The van der Waals surface area contributed by atoms with Crippen LogP contribution in [0.1, 0.15) is 44.4 Å². The number of aromatic nitrogens is 2. The number of aliphatic imine (C=N–C) groups is 1. The highest BCUT2D eigenvalue weighted by Gasteiger charge is 2.17. The number of fused-ring (bicyclic) bond motifs is 1. The van der Waals surface area contributed by atoms with Crippen LogP contribution < -0.4 is 0 Å². The molecule has 0 fully saturated rings. The van der Waals surface area contributed by atoms with Crippen LogP contribution in [-0.2, 0) is 0 Å². The van der Waals surface area contributed by atoms with Crippen LogP contribution >= 0.6 is 0 Å². The Morgan fingerprint density at radius 3 is 2.46 bits per heavy atom. The lowest BCUT2D eigenvalue weighted by Crippen LogP contribution is -1.97. The highest BCUT2D eigenvalue weighted by molar-refractivity contribution is 6.00. The number of H-pyrrole nitrogens is 1. The van der Waals surface area contributed by atoms with Crippen molar-refractivity contribution in [3.05, 3.63) is 58.7 Å². The summed E-state index contributed by atoms with van der Waals surface area (Å²) in [5.41, 5.74) is 5.67. The molecule has 1 N–H and O–H groups in total. The SMILES string of the molecule is C\C=C(C)/N=C(C)\C=C/C(=C\C)c1c(C)c(F)c(C)c2[nH]ncc12. The zero-order valence-corrected chi connectivity index (χ0v) is 15.2. The van der Waals surface area contributed by atoms with Crippen LogP contribution in [0.2, 0.25) is 0 Å². The maximum Gasteiger partial charge on any atom is 0.131 e. The molecule has 0 spiro atoms. The second-order valence-corrected chi connectivity index (χ2v) is 5.86. The first-order valence-corrected chi connectivity index (χ1v) is 8.05. The standard InChI is InChI=1S/C20H24FN3/c1-7-12(3)23-13(4)9-10-16(8-2)18-14(5)19(21)15(6)20-17(18)11-22-24-20/h7-11H,1-6H3,(H,22,24)/b10-9-,12-7-,16-8+,23-13-. The molecular formula is C20H24FN3. The Morgan fingerprint density at radius 2 is 1.83 bits per heavy atom. The predicted octanol–water partition coefficient (Wildman–Crippen LogP) is 5.66. The van der Waals surface area contributed by atoms with Gasteiger partial charge in [-0.1, -0.05) is 18.2 Å². The van der Waals surface area contributed by atoms with Crippen molar-refractivity contribution in [2.45, 2.75) is 41.5 Å². The number of aryl methyl sites for hydroxylation is 1. The molecule has 0 unspecified atom stereocenters. The van der Waals surface area contributed by atoms with Crippen molar-refractivity contribution in [3.8, 4) is 0 Å². The van der Waals surface area contributed by atoms with Crippen LogP contribution in [0.25, 0.3) is 16.5 Å². The van der Waals surface area contributed by atoms with Gasteiger partial charge in [-0.05, 0) is 64.3 Å². The molecule has 0 aliphatic carbocycles. The molecule has 126 valence electrons. The number of nitrogens with one attached hydrogen (secondary N) is 1. The zero-order chi connectivity index (χ0) is 17.9. The van der Waals surface area contributed by atoms with Gasteiger partial charge < -0.3 is 0 Å². The van der Waals surface area contributed by atoms with Gasteiger partial charge in [0.2, 0.25) is 0 Å². The summed E-state index contributed by atoms with van der Waals surface area (Å²) in [5, 5.41) is 7.93. The summed E-state index contributed by atoms with van der Waals surface area (Å²) in [6.45, 7) is 11.4. The molecule has 0 saturated carbocycles. The number of hydrogen-bond donors (Lipinski definition) is 1. The van der Waals surface area contributed by atoms with Crippen molar-refractivity contribution >= 4 is 22.2 Å². The number of aromatic amines is 1. The first kappa shape index (κ1) is 17.9. The third-order valence-corrected chi connectivity index (χ3v) is 4.19. The van der Waals surface area contributed by atoms with E-state index >= 15 is 0 Å². The molecule has 24 heavy (non-hydrogen) atoms. The van der Waals surface area contributed by atoms with Gasteiger partial charge in [-0.25, -0.2) is 4.39 Å². The fraction of sp³-hybridized carbons (Fsp3) is 0.300. The fourth-order valence-corrected chi connectivity index (χ4v) is 2.75. The Kier molecular flexibility index (Phi) is 5.50. The van der Waals surface area contributed by atoms with Gasteiger partial charge in [0.15, 0.2) is 0 Å². The van der Waals surface area contributed by atoms with Crippen LogP contribution in [-0.4, -0.2) is 15.9 Å². The third kappa shape index (κ3) is 3.37. The van der Waals surface area contributed by atoms with Gasteiger partial charge in [0, 0.05) is 22.4 Å².